The summed E-state index contributed by atoms with van der Waals surface area (Å²) in [5.74, 6) is 1.29. The van der Waals surface area contributed by atoms with Gasteiger partial charge in [-0.1, -0.05) is 11.6 Å². The topological polar surface area (TPSA) is 58.4 Å². The van der Waals surface area contributed by atoms with Crippen molar-refractivity contribution < 1.29 is 9.32 Å². The highest BCUT2D eigenvalue weighted by molar-refractivity contribution is 5.92. The Hall–Kier alpha value is -1.36. The van der Waals surface area contributed by atoms with Crippen molar-refractivity contribution >= 4 is 5.91 Å². The highest BCUT2D eigenvalue weighted by Crippen LogP contribution is 2.40. The van der Waals surface area contributed by atoms with Crippen LogP contribution in [0, 0.1) is 0 Å². The van der Waals surface area contributed by atoms with Crippen LogP contribution < -0.4 is 5.32 Å². The first kappa shape index (κ1) is 11.5. The lowest BCUT2D eigenvalue weighted by Gasteiger charge is -2.47. The lowest BCUT2D eigenvalue weighted by atomic mass is 9.88. The van der Waals surface area contributed by atoms with Crippen LogP contribution >= 0.6 is 0 Å². The number of nitrogens with zero attached hydrogens (tertiary/aromatic N) is 2. The molecule has 1 N–H and O–H groups in total. The molecular formula is C14H19N3O2. The standard InChI is InChI=1S/C14H19N3O2/c18-14(12-6-13(19-16-12)9-4-5-9)15-10-7-17(8-10)11-2-1-3-11/h6,9-11H,1-5,7-8H2,(H,15,18). The predicted octanol–water partition coefficient (Wildman–Crippen LogP) is 1.52. The third-order valence-corrected chi connectivity index (χ3v) is 4.58. The average Bonchev–Trinajstić information content (AvgIpc) is 3.02. The molecular weight excluding hydrogens is 242 g/mol. The van der Waals surface area contributed by atoms with Gasteiger partial charge >= 0.3 is 0 Å². The summed E-state index contributed by atoms with van der Waals surface area (Å²) in [7, 11) is 0. The van der Waals surface area contributed by atoms with Crippen LogP contribution in [0.15, 0.2) is 10.6 Å². The van der Waals surface area contributed by atoms with Gasteiger partial charge in [-0.3, -0.25) is 9.69 Å². The molecule has 0 radical (unpaired) electrons. The lowest BCUT2D eigenvalue weighted by molar-refractivity contribution is 0.0344. The van der Waals surface area contributed by atoms with Crippen molar-refractivity contribution in [3.05, 3.63) is 17.5 Å². The number of hydrogen-bond acceptors (Lipinski definition) is 4. The van der Waals surface area contributed by atoms with Crippen molar-refractivity contribution in [1.29, 1.82) is 0 Å². The van der Waals surface area contributed by atoms with E-state index in [0.717, 1.165) is 37.7 Å². The summed E-state index contributed by atoms with van der Waals surface area (Å²) in [5, 5.41) is 6.90. The molecule has 3 fully saturated rings. The van der Waals surface area contributed by atoms with E-state index in [9.17, 15) is 4.79 Å². The predicted molar refractivity (Wildman–Crippen MR) is 68.9 cm³/mol. The zero-order chi connectivity index (χ0) is 12.8. The van der Waals surface area contributed by atoms with Gasteiger partial charge in [0.25, 0.3) is 5.91 Å². The summed E-state index contributed by atoms with van der Waals surface area (Å²) in [6, 6.07) is 2.87. The van der Waals surface area contributed by atoms with Crippen molar-refractivity contribution in [2.45, 2.75) is 50.1 Å². The SMILES string of the molecule is O=C(NC1CN(C2CCC2)C1)c1cc(C2CC2)on1. The Labute approximate surface area is 112 Å². The normalized spacial score (nSPS) is 24.8. The molecule has 1 aromatic rings. The Bertz CT molecular complexity index is 485. The van der Waals surface area contributed by atoms with Crippen molar-refractivity contribution in [3.8, 4) is 0 Å². The van der Waals surface area contributed by atoms with Crippen LogP contribution in [0.3, 0.4) is 0 Å². The molecule has 0 atom stereocenters. The minimum Gasteiger partial charge on any atom is -0.360 e. The molecule has 5 heteroatoms. The maximum absolute atomic E-state index is 12.0. The van der Waals surface area contributed by atoms with E-state index >= 15 is 0 Å². The molecule has 0 unspecified atom stereocenters. The lowest BCUT2D eigenvalue weighted by Crippen LogP contribution is -2.63. The third-order valence-electron chi connectivity index (χ3n) is 4.58. The van der Waals surface area contributed by atoms with Crippen LogP contribution in [0.25, 0.3) is 0 Å². The molecule has 2 saturated carbocycles. The van der Waals surface area contributed by atoms with Gasteiger partial charge in [-0.25, -0.2) is 0 Å². The molecule has 1 saturated heterocycles. The highest BCUT2D eigenvalue weighted by Gasteiger charge is 2.36. The number of hydrogen-bond donors (Lipinski definition) is 1. The molecule has 0 aromatic carbocycles. The molecule has 2 heterocycles. The number of aromatic nitrogens is 1. The molecule has 1 amide bonds. The molecule has 1 aromatic heterocycles. The first-order valence-corrected chi connectivity index (χ1v) is 7.31. The van der Waals surface area contributed by atoms with E-state index in [-0.39, 0.29) is 11.9 Å². The zero-order valence-corrected chi connectivity index (χ0v) is 11.0. The Kier molecular flexibility index (Phi) is 2.62. The molecule has 2 aliphatic carbocycles. The van der Waals surface area contributed by atoms with Crippen LogP contribution in [0.4, 0.5) is 0 Å². The maximum atomic E-state index is 12.0. The molecule has 3 aliphatic rings. The summed E-state index contributed by atoms with van der Waals surface area (Å²) in [5.41, 5.74) is 0.434. The summed E-state index contributed by atoms with van der Waals surface area (Å²) >= 11 is 0. The molecule has 5 nitrogen and oxygen atoms in total. The van der Waals surface area contributed by atoms with Gasteiger partial charge in [-0.2, -0.15) is 0 Å². The summed E-state index contributed by atoms with van der Waals surface area (Å²) in [6.07, 6.45) is 6.34. The fraction of sp³-hybridized carbons (Fsp3) is 0.714. The molecule has 4 rings (SSSR count). The van der Waals surface area contributed by atoms with Crippen LogP contribution in [0.1, 0.15) is 54.3 Å². The largest absolute Gasteiger partial charge is 0.360 e. The number of carbonyl (C=O) groups excluding carboxylic acids is 1. The van der Waals surface area contributed by atoms with E-state index in [2.05, 4.69) is 15.4 Å². The summed E-state index contributed by atoms with van der Waals surface area (Å²) < 4.78 is 5.21. The van der Waals surface area contributed by atoms with Crippen molar-refractivity contribution in [2.24, 2.45) is 0 Å². The summed E-state index contributed by atoms with van der Waals surface area (Å²) in [6.45, 7) is 1.98. The second-order valence-corrected chi connectivity index (χ2v) is 6.10. The zero-order valence-electron chi connectivity index (χ0n) is 11.0. The van der Waals surface area contributed by atoms with Crippen molar-refractivity contribution in [1.82, 2.24) is 15.4 Å². The number of amides is 1. The quantitative estimate of drug-likeness (QED) is 0.892. The second kappa shape index (κ2) is 4.34. The van der Waals surface area contributed by atoms with Crippen molar-refractivity contribution in [2.75, 3.05) is 13.1 Å². The number of carbonyl (C=O) groups is 1. The summed E-state index contributed by atoms with van der Waals surface area (Å²) in [4.78, 5) is 14.5. The van der Waals surface area contributed by atoms with E-state index in [4.69, 9.17) is 4.52 Å². The third kappa shape index (κ3) is 2.16. The van der Waals surface area contributed by atoms with Crippen molar-refractivity contribution in [3.63, 3.8) is 0 Å². The second-order valence-electron chi connectivity index (χ2n) is 6.10. The average molecular weight is 261 g/mol. The molecule has 19 heavy (non-hydrogen) atoms. The van der Waals surface area contributed by atoms with Gasteiger partial charge in [-0.05, 0) is 25.7 Å². The Morgan fingerprint density at radius 3 is 2.74 bits per heavy atom. The minimum absolute atomic E-state index is 0.0890. The van der Waals surface area contributed by atoms with Gasteiger partial charge < -0.3 is 9.84 Å². The van der Waals surface area contributed by atoms with Gasteiger partial charge in [0.05, 0.1) is 6.04 Å². The van der Waals surface area contributed by atoms with E-state index in [1.165, 1.54) is 19.3 Å². The Morgan fingerprint density at radius 1 is 1.32 bits per heavy atom. The van der Waals surface area contributed by atoms with Gasteiger partial charge in [0, 0.05) is 31.1 Å². The van der Waals surface area contributed by atoms with E-state index in [0.29, 0.717) is 11.6 Å². The highest BCUT2D eigenvalue weighted by atomic mass is 16.5. The molecule has 0 spiro atoms. The fourth-order valence-electron chi connectivity index (χ4n) is 2.87. The molecule has 102 valence electrons. The van der Waals surface area contributed by atoms with Gasteiger partial charge in [-0.15, -0.1) is 0 Å². The smallest absolute Gasteiger partial charge is 0.273 e. The van der Waals surface area contributed by atoms with E-state index in [1.54, 1.807) is 6.07 Å². The minimum atomic E-state index is -0.0890. The first-order valence-electron chi connectivity index (χ1n) is 7.31. The number of likely N-dealkylation sites (tertiary alicyclic amines) is 1. The first-order chi connectivity index (χ1) is 9.29. The van der Waals surface area contributed by atoms with Gasteiger partial charge in [0.15, 0.2) is 5.69 Å². The van der Waals surface area contributed by atoms with Crippen LogP contribution in [0.2, 0.25) is 0 Å². The molecule has 1 aliphatic heterocycles. The number of rotatable bonds is 4. The van der Waals surface area contributed by atoms with Gasteiger partial charge in [0.1, 0.15) is 5.76 Å². The number of nitrogens with one attached hydrogen (secondary N) is 1. The van der Waals surface area contributed by atoms with Gasteiger partial charge in [0.2, 0.25) is 0 Å². The Balaban J connectivity index is 1.29. The monoisotopic (exact) mass is 261 g/mol. The van der Waals surface area contributed by atoms with Crippen LogP contribution in [-0.2, 0) is 0 Å². The van der Waals surface area contributed by atoms with E-state index < -0.39 is 0 Å². The van der Waals surface area contributed by atoms with E-state index in [1.807, 2.05) is 0 Å². The molecule has 0 bridgehead atoms. The Morgan fingerprint density at radius 2 is 2.11 bits per heavy atom. The van der Waals surface area contributed by atoms with Crippen LogP contribution in [-0.4, -0.2) is 41.1 Å². The van der Waals surface area contributed by atoms with Crippen LogP contribution in [0.5, 0.6) is 0 Å². The fourth-order valence-corrected chi connectivity index (χ4v) is 2.87. The maximum Gasteiger partial charge on any atom is 0.273 e.